The van der Waals surface area contributed by atoms with Crippen molar-refractivity contribution in [2.75, 3.05) is 13.2 Å². The van der Waals surface area contributed by atoms with Gasteiger partial charge < -0.3 is 20.5 Å². The molecule has 0 saturated carbocycles. The summed E-state index contributed by atoms with van der Waals surface area (Å²) >= 11 is 0. The van der Waals surface area contributed by atoms with E-state index < -0.39 is 18.0 Å². The van der Waals surface area contributed by atoms with E-state index in [2.05, 4.69) is 34.9 Å². The van der Waals surface area contributed by atoms with Crippen LogP contribution >= 0.6 is 0 Å². The number of carboxylic acids is 1. The molecule has 2 aromatic carbocycles. The maximum atomic E-state index is 12.5. The van der Waals surface area contributed by atoms with E-state index in [9.17, 15) is 19.5 Å². The van der Waals surface area contributed by atoms with Gasteiger partial charge >= 0.3 is 12.1 Å². The Morgan fingerprint density at radius 3 is 2.14 bits per heavy atom. The number of amides is 2. The highest BCUT2D eigenvalue weighted by Gasteiger charge is 2.29. The molecule has 0 radical (unpaired) electrons. The molecule has 3 N–H and O–H groups in total. The van der Waals surface area contributed by atoms with E-state index in [-0.39, 0.29) is 43.4 Å². The van der Waals surface area contributed by atoms with Crippen LogP contribution in [0.1, 0.15) is 63.5 Å². The monoisotopic (exact) mass is 480 g/mol. The zero-order chi connectivity index (χ0) is 25.4. The summed E-state index contributed by atoms with van der Waals surface area (Å²) in [5.74, 6) is -1.49. The van der Waals surface area contributed by atoms with Gasteiger partial charge in [0.25, 0.3) is 0 Å². The zero-order valence-corrected chi connectivity index (χ0v) is 20.8. The lowest BCUT2D eigenvalue weighted by atomic mass is 9.97. The zero-order valence-electron chi connectivity index (χ0n) is 20.8. The van der Waals surface area contributed by atoms with E-state index in [4.69, 9.17) is 4.74 Å². The molecule has 0 heterocycles. The number of carboxylic acid groups (broad SMARTS) is 1. The summed E-state index contributed by atoms with van der Waals surface area (Å²) in [6.07, 6.45) is 1.33. The lowest BCUT2D eigenvalue weighted by Gasteiger charge is -2.19. The lowest BCUT2D eigenvalue weighted by molar-refractivity contribution is -0.142. The topological polar surface area (TPSA) is 105 Å². The van der Waals surface area contributed by atoms with Crippen molar-refractivity contribution >= 4 is 18.0 Å². The molecule has 0 aromatic heterocycles. The van der Waals surface area contributed by atoms with Crippen molar-refractivity contribution in [2.45, 2.75) is 58.4 Å². The van der Waals surface area contributed by atoms with E-state index in [0.29, 0.717) is 19.3 Å². The van der Waals surface area contributed by atoms with E-state index in [1.54, 1.807) is 0 Å². The van der Waals surface area contributed by atoms with Crippen molar-refractivity contribution in [3.8, 4) is 11.1 Å². The molecule has 2 atom stereocenters. The third-order valence-electron chi connectivity index (χ3n) is 6.53. The molecular formula is C28H36N2O5. The van der Waals surface area contributed by atoms with Gasteiger partial charge in [0.1, 0.15) is 6.61 Å². The molecule has 0 aliphatic heterocycles. The van der Waals surface area contributed by atoms with E-state index >= 15 is 0 Å². The smallest absolute Gasteiger partial charge is 0.407 e. The molecule has 1 aliphatic rings. The fraction of sp³-hybridized carbons (Fsp3) is 0.464. The van der Waals surface area contributed by atoms with Crippen LogP contribution in [0.15, 0.2) is 48.5 Å². The average Bonchev–Trinajstić information content (AvgIpc) is 3.16. The summed E-state index contributed by atoms with van der Waals surface area (Å²) in [6.45, 7) is 6.21. The SMILES string of the molecule is CCC(CCC(=O)NCC(CC(C)C)C(=O)O)NC(=O)OCC1c2ccccc2-c2ccccc21. The highest BCUT2D eigenvalue weighted by molar-refractivity contribution is 5.79. The van der Waals surface area contributed by atoms with Crippen LogP contribution in [-0.2, 0) is 14.3 Å². The lowest BCUT2D eigenvalue weighted by Crippen LogP contribution is -2.38. The summed E-state index contributed by atoms with van der Waals surface area (Å²) in [5, 5.41) is 14.9. The Hall–Kier alpha value is -3.35. The van der Waals surface area contributed by atoms with Gasteiger partial charge in [-0.05, 0) is 47.4 Å². The first kappa shape index (κ1) is 26.3. The van der Waals surface area contributed by atoms with Gasteiger partial charge in [-0.15, -0.1) is 0 Å². The Bertz CT molecular complexity index is 990. The van der Waals surface area contributed by atoms with E-state index in [1.807, 2.05) is 45.0 Å². The summed E-state index contributed by atoms with van der Waals surface area (Å²) in [4.78, 5) is 36.1. The van der Waals surface area contributed by atoms with Gasteiger partial charge in [0.05, 0.1) is 5.92 Å². The number of fused-ring (bicyclic) bond motifs is 3. The quantitative estimate of drug-likeness (QED) is 0.399. The Morgan fingerprint density at radius 1 is 1.00 bits per heavy atom. The first-order valence-electron chi connectivity index (χ1n) is 12.4. The van der Waals surface area contributed by atoms with Gasteiger partial charge in [0.15, 0.2) is 0 Å². The fourth-order valence-electron chi connectivity index (χ4n) is 4.66. The molecular weight excluding hydrogens is 444 g/mol. The number of benzene rings is 2. The number of carbonyl (C=O) groups is 3. The molecule has 3 rings (SSSR count). The van der Waals surface area contributed by atoms with Crippen molar-refractivity contribution in [3.05, 3.63) is 59.7 Å². The Balaban J connectivity index is 1.46. The molecule has 1 aliphatic carbocycles. The third kappa shape index (κ3) is 7.07. The average molecular weight is 481 g/mol. The normalized spacial score (nSPS) is 14.1. The van der Waals surface area contributed by atoms with Crippen molar-refractivity contribution in [1.82, 2.24) is 10.6 Å². The highest BCUT2D eigenvalue weighted by atomic mass is 16.5. The molecule has 2 unspecified atom stereocenters. The summed E-state index contributed by atoms with van der Waals surface area (Å²) in [7, 11) is 0. The second-order valence-corrected chi connectivity index (χ2v) is 9.58. The van der Waals surface area contributed by atoms with Crippen molar-refractivity contribution in [2.24, 2.45) is 11.8 Å². The number of alkyl carbamates (subject to hydrolysis) is 1. The minimum absolute atomic E-state index is 0.00738. The van der Waals surface area contributed by atoms with Gasteiger partial charge in [0, 0.05) is 24.9 Å². The van der Waals surface area contributed by atoms with Crippen LogP contribution in [0.2, 0.25) is 0 Å². The number of ether oxygens (including phenoxy) is 1. The number of aliphatic carboxylic acids is 1. The second-order valence-electron chi connectivity index (χ2n) is 9.58. The molecule has 0 fully saturated rings. The van der Waals surface area contributed by atoms with Crippen LogP contribution in [0.4, 0.5) is 4.79 Å². The molecule has 2 amide bonds. The van der Waals surface area contributed by atoms with Crippen LogP contribution in [0.3, 0.4) is 0 Å². The van der Waals surface area contributed by atoms with Gasteiger partial charge in [-0.3, -0.25) is 9.59 Å². The predicted octanol–water partition coefficient (Wildman–Crippen LogP) is 4.95. The Kier molecular flexibility index (Phi) is 9.29. The minimum atomic E-state index is -0.901. The van der Waals surface area contributed by atoms with Gasteiger partial charge in [-0.2, -0.15) is 0 Å². The molecule has 2 aromatic rings. The Labute approximate surface area is 207 Å². The van der Waals surface area contributed by atoms with Crippen molar-refractivity contribution in [3.63, 3.8) is 0 Å². The molecule has 0 saturated heterocycles. The van der Waals surface area contributed by atoms with Crippen LogP contribution in [0.5, 0.6) is 0 Å². The van der Waals surface area contributed by atoms with Crippen LogP contribution in [0, 0.1) is 11.8 Å². The van der Waals surface area contributed by atoms with Crippen molar-refractivity contribution in [1.29, 1.82) is 0 Å². The predicted molar refractivity (Wildman–Crippen MR) is 135 cm³/mol. The molecule has 7 nitrogen and oxygen atoms in total. The number of carbonyl (C=O) groups excluding carboxylic acids is 2. The molecule has 0 bridgehead atoms. The molecule has 0 spiro atoms. The number of nitrogens with one attached hydrogen (secondary N) is 2. The minimum Gasteiger partial charge on any atom is -0.481 e. The van der Waals surface area contributed by atoms with Crippen LogP contribution in [0.25, 0.3) is 11.1 Å². The summed E-state index contributed by atoms with van der Waals surface area (Å²) in [5.41, 5.74) is 4.66. The first-order chi connectivity index (χ1) is 16.8. The van der Waals surface area contributed by atoms with E-state index in [0.717, 1.165) is 11.1 Å². The summed E-state index contributed by atoms with van der Waals surface area (Å²) in [6, 6.07) is 16.1. The van der Waals surface area contributed by atoms with Crippen LogP contribution < -0.4 is 10.6 Å². The van der Waals surface area contributed by atoms with Gasteiger partial charge in [-0.1, -0.05) is 69.3 Å². The van der Waals surface area contributed by atoms with Gasteiger partial charge in [0.2, 0.25) is 5.91 Å². The molecule has 7 heteroatoms. The fourth-order valence-corrected chi connectivity index (χ4v) is 4.66. The second kappa shape index (κ2) is 12.4. The largest absolute Gasteiger partial charge is 0.481 e. The standard InChI is InChI=1S/C28H36N2O5/c1-4-20(13-14-26(31)29-16-19(27(32)33)15-18(2)3)30-28(34)35-17-25-23-11-7-5-9-21(23)22-10-6-8-12-24(22)25/h5-12,18-20,25H,4,13-17H2,1-3H3,(H,29,31)(H,30,34)(H,32,33). The van der Waals surface area contributed by atoms with Crippen LogP contribution in [-0.4, -0.2) is 42.3 Å². The number of hydrogen-bond donors (Lipinski definition) is 3. The summed E-state index contributed by atoms with van der Waals surface area (Å²) < 4.78 is 5.61. The molecule has 35 heavy (non-hydrogen) atoms. The molecule has 188 valence electrons. The number of rotatable bonds is 12. The van der Waals surface area contributed by atoms with Gasteiger partial charge in [-0.25, -0.2) is 4.79 Å². The Morgan fingerprint density at radius 2 is 1.60 bits per heavy atom. The third-order valence-corrected chi connectivity index (χ3v) is 6.53. The number of hydrogen-bond acceptors (Lipinski definition) is 4. The first-order valence-corrected chi connectivity index (χ1v) is 12.4. The van der Waals surface area contributed by atoms with Crippen molar-refractivity contribution < 1.29 is 24.2 Å². The van der Waals surface area contributed by atoms with E-state index in [1.165, 1.54) is 11.1 Å². The highest BCUT2D eigenvalue weighted by Crippen LogP contribution is 2.44. The maximum Gasteiger partial charge on any atom is 0.407 e. The maximum absolute atomic E-state index is 12.5.